The Bertz CT molecular complexity index is 334. The molecule has 1 aliphatic heterocycles. The molecule has 0 radical (unpaired) electrons. The van der Waals surface area contributed by atoms with Crippen LogP contribution in [0, 0.1) is 0 Å². The summed E-state index contributed by atoms with van der Waals surface area (Å²) in [5.74, 6) is 0. The van der Waals surface area contributed by atoms with Gasteiger partial charge in [-0.25, -0.2) is 0 Å². The van der Waals surface area contributed by atoms with Crippen molar-refractivity contribution in [1.82, 2.24) is 5.32 Å². The second-order valence-corrected chi connectivity index (χ2v) is 4.80. The highest BCUT2D eigenvalue weighted by Gasteiger charge is 2.33. The third kappa shape index (κ3) is 2.25. The fourth-order valence-electron chi connectivity index (χ4n) is 2.05. The lowest BCUT2D eigenvalue weighted by Gasteiger charge is -2.37. The minimum Gasteiger partial charge on any atom is -0.368 e. The van der Waals surface area contributed by atoms with Crippen molar-refractivity contribution in [2.45, 2.75) is 18.9 Å². The average molecular weight is 270 g/mol. The SMILES string of the molecule is CCC1(c2cccc(Br)c2)CNCCO1. The van der Waals surface area contributed by atoms with Crippen molar-refractivity contribution in [3.05, 3.63) is 34.3 Å². The molecule has 1 heterocycles. The summed E-state index contributed by atoms with van der Waals surface area (Å²) in [6.07, 6.45) is 0.996. The van der Waals surface area contributed by atoms with Gasteiger partial charge in [-0.3, -0.25) is 0 Å². The maximum absolute atomic E-state index is 5.97. The highest BCUT2D eigenvalue weighted by molar-refractivity contribution is 9.10. The first kappa shape index (κ1) is 11.1. The van der Waals surface area contributed by atoms with Crippen LogP contribution in [0.25, 0.3) is 0 Å². The summed E-state index contributed by atoms with van der Waals surface area (Å²) in [6, 6.07) is 8.40. The van der Waals surface area contributed by atoms with Gasteiger partial charge in [0.1, 0.15) is 5.60 Å². The monoisotopic (exact) mass is 269 g/mol. The topological polar surface area (TPSA) is 21.3 Å². The molecule has 0 bridgehead atoms. The number of morpholine rings is 1. The van der Waals surface area contributed by atoms with Gasteiger partial charge in [0.2, 0.25) is 0 Å². The Morgan fingerprint density at radius 3 is 3.00 bits per heavy atom. The van der Waals surface area contributed by atoms with Gasteiger partial charge in [-0.1, -0.05) is 35.0 Å². The van der Waals surface area contributed by atoms with Crippen molar-refractivity contribution >= 4 is 15.9 Å². The zero-order valence-corrected chi connectivity index (χ0v) is 10.5. The van der Waals surface area contributed by atoms with E-state index in [1.807, 2.05) is 6.07 Å². The van der Waals surface area contributed by atoms with E-state index in [1.54, 1.807) is 0 Å². The fourth-order valence-corrected chi connectivity index (χ4v) is 2.45. The molecular formula is C12H16BrNO. The molecule has 0 amide bonds. The van der Waals surface area contributed by atoms with Crippen LogP contribution in [0.4, 0.5) is 0 Å². The van der Waals surface area contributed by atoms with Crippen molar-refractivity contribution in [1.29, 1.82) is 0 Å². The number of halogens is 1. The predicted octanol–water partition coefficient (Wildman–Crippen LogP) is 2.67. The van der Waals surface area contributed by atoms with Crippen LogP contribution in [0.1, 0.15) is 18.9 Å². The molecule has 15 heavy (non-hydrogen) atoms. The van der Waals surface area contributed by atoms with Crippen LogP contribution in [0.15, 0.2) is 28.7 Å². The average Bonchev–Trinajstić information content (AvgIpc) is 2.30. The van der Waals surface area contributed by atoms with Gasteiger partial charge in [0.25, 0.3) is 0 Å². The van der Waals surface area contributed by atoms with Gasteiger partial charge in [-0.05, 0) is 24.1 Å². The van der Waals surface area contributed by atoms with Gasteiger partial charge in [0.15, 0.2) is 0 Å². The smallest absolute Gasteiger partial charge is 0.105 e. The minimum absolute atomic E-state index is 0.137. The maximum Gasteiger partial charge on any atom is 0.105 e. The van der Waals surface area contributed by atoms with Crippen molar-refractivity contribution in [2.75, 3.05) is 19.7 Å². The summed E-state index contributed by atoms with van der Waals surface area (Å²) in [7, 11) is 0. The van der Waals surface area contributed by atoms with Crippen molar-refractivity contribution in [3.63, 3.8) is 0 Å². The lowest BCUT2D eigenvalue weighted by atomic mass is 9.90. The van der Waals surface area contributed by atoms with Crippen LogP contribution in [0.5, 0.6) is 0 Å². The summed E-state index contributed by atoms with van der Waals surface area (Å²) in [5.41, 5.74) is 1.12. The molecule has 0 aliphatic carbocycles. The van der Waals surface area contributed by atoms with Crippen molar-refractivity contribution in [3.8, 4) is 0 Å². The molecule has 1 unspecified atom stereocenters. The minimum atomic E-state index is -0.137. The van der Waals surface area contributed by atoms with Gasteiger partial charge in [0.05, 0.1) is 6.61 Å². The molecule has 1 N–H and O–H groups in total. The molecule has 1 atom stereocenters. The third-order valence-electron chi connectivity index (χ3n) is 2.99. The predicted molar refractivity (Wildman–Crippen MR) is 64.9 cm³/mol. The first-order valence-electron chi connectivity index (χ1n) is 5.37. The number of hydrogen-bond acceptors (Lipinski definition) is 2. The maximum atomic E-state index is 5.97. The van der Waals surface area contributed by atoms with E-state index in [9.17, 15) is 0 Å². The Labute approximate surface area is 99.1 Å². The first-order chi connectivity index (χ1) is 7.27. The van der Waals surface area contributed by atoms with E-state index in [0.717, 1.165) is 30.6 Å². The Morgan fingerprint density at radius 2 is 2.40 bits per heavy atom. The molecule has 0 spiro atoms. The lowest BCUT2D eigenvalue weighted by Crippen LogP contribution is -2.47. The first-order valence-corrected chi connectivity index (χ1v) is 6.17. The Kier molecular flexibility index (Phi) is 3.44. The van der Waals surface area contributed by atoms with E-state index in [1.165, 1.54) is 5.56 Å². The largest absolute Gasteiger partial charge is 0.368 e. The molecular weight excluding hydrogens is 254 g/mol. The molecule has 0 aromatic heterocycles. The highest BCUT2D eigenvalue weighted by Crippen LogP contribution is 2.31. The van der Waals surface area contributed by atoms with E-state index in [-0.39, 0.29) is 5.60 Å². The summed E-state index contributed by atoms with van der Waals surface area (Å²) in [4.78, 5) is 0. The van der Waals surface area contributed by atoms with Crippen LogP contribution in [0.2, 0.25) is 0 Å². The van der Waals surface area contributed by atoms with Crippen LogP contribution >= 0.6 is 15.9 Å². The zero-order chi connectivity index (χ0) is 10.7. The van der Waals surface area contributed by atoms with E-state index in [0.29, 0.717) is 0 Å². The number of nitrogens with one attached hydrogen (secondary N) is 1. The van der Waals surface area contributed by atoms with Gasteiger partial charge < -0.3 is 10.1 Å². The molecule has 0 saturated carbocycles. The van der Waals surface area contributed by atoms with Crippen molar-refractivity contribution in [2.24, 2.45) is 0 Å². The number of hydrogen-bond donors (Lipinski definition) is 1. The normalized spacial score (nSPS) is 26.5. The van der Waals surface area contributed by atoms with Crippen LogP contribution in [-0.4, -0.2) is 19.7 Å². The number of rotatable bonds is 2. The quantitative estimate of drug-likeness (QED) is 0.892. The van der Waals surface area contributed by atoms with E-state index >= 15 is 0 Å². The van der Waals surface area contributed by atoms with E-state index in [4.69, 9.17) is 4.74 Å². The zero-order valence-electron chi connectivity index (χ0n) is 8.92. The Balaban J connectivity index is 2.32. The second kappa shape index (κ2) is 4.64. The number of ether oxygens (including phenoxy) is 1. The van der Waals surface area contributed by atoms with Gasteiger partial charge in [0, 0.05) is 17.6 Å². The summed E-state index contributed by atoms with van der Waals surface area (Å²) in [6.45, 7) is 4.82. The summed E-state index contributed by atoms with van der Waals surface area (Å²) < 4.78 is 7.09. The second-order valence-electron chi connectivity index (χ2n) is 3.88. The van der Waals surface area contributed by atoms with Gasteiger partial charge >= 0.3 is 0 Å². The van der Waals surface area contributed by atoms with Crippen molar-refractivity contribution < 1.29 is 4.74 Å². The van der Waals surface area contributed by atoms with Gasteiger partial charge in [-0.15, -0.1) is 0 Å². The molecule has 1 aliphatic rings. The van der Waals surface area contributed by atoms with E-state index in [2.05, 4.69) is 46.4 Å². The molecule has 2 rings (SSSR count). The third-order valence-corrected chi connectivity index (χ3v) is 3.48. The Morgan fingerprint density at radius 1 is 1.53 bits per heavy atom. The number of benzene rings is 1. The molecule has 1 saturated heterocycles. The van der Waals surface area contributed by atoms with Crippen LogP contribution < -0.4 is 5.32 Å². The molecule has 1 fully saturated rings. The van der Waals surface area contributed by atoms with Crippen LogP contribution in [-0.2, 0) is 10.3 Å². The Hall–Kier alpha value is -0.380. The lowest BCUT2D eigenvalue weighted by molar-refractivity contribution is -0.0737. The van der Waals surface area contributed by atoms with E-state index < -0.39 is 0 Å². The molecule has 3 heteroatoms. The molecule has 1 aromatic carbocycles. The summed E-state index contributed by atoms with van der Waals surface area (Å²) >= 11 is 3.51. The van der Waals surface area contributed by atoms with Crippen LogP contribution in [0.3, 0.4) is 0 Å². The fraction of sp³-hybridized carbons (Fsp3) is 0.500. The molecule has 1 aromatic rings. The standard InChI is InChI=1S/C12H16BrNO/c1-2-12(9-14-6-7-15-12)10-4-3-5-11(13)8-10/h3-5,8,14H,2,6-7,9H2,1H3. The summed E-state index contributed by atoms with van der Waals surface area (Å²) in [5, 5.41) is 3.40. The molecule has 2 nitrogen and oxygen atoms in total. The highest BCUT2D eigenvalue weighted by atomic mass is 79.9. The van der Waals surface area contributed by atoms with Gasteiger partial charge in [-0.2, -0.15) is 0 Å². The molecule has 82 valence electrons.